The van der Waals surface area contributed by atoms with Crippen LogP contribution < -0.4 is 10.6 Å². The van der Waals surface area contributed by atoms with Crippen LogP contribution in [0.5, 0.6) is 0 Å². The van der Waals surface area contributed by atoms with Crippen molar-refractivity contribution < 1.29 is 14.4 Å². The predicted octanol–water partition coefficient (Wildman–Crippen LogP) is 5.21. The third-order valence-electron chi connectivity index (χ3n) is 5.52. The molecule has 1 fully saturated rings. The third-order valence-corrected chi connectivity index (χ3v) is 6.62. The number of nitrogens with zero attached hydrogens (tertiary/aromatic N) is 1. The number of halogens is 1. The summed E-state index contributed by atoms with van der Waals surface area (Å²) in [6.45, 7) is 1.81. The van der Waals surface area contributed by atoms with Crippen LogP contribution in [0.3, 0.4) is 0 Å². The van der Waals surface area contributed by atoms with Gasteiger partial charge >= 0.3 is 0 Å². The van der Waals surface area contributed by atoms with Gasteiger partial charge in [0.15, 0.2) is 0 Å². The normalized spacial score (nSPS) is 13.4. The molecule has 3 amide bonds. The van der Waals surface area contributed by atoms with E-state index < -0.39 is 0 Å². The minimum Gasteiger partial charge on any atom is -0.347 e. The molecule has 0 bridgehead atoms. The van der Waals surface area contributed by atoms with Gasteiger partial charge in [0.05, 0.1) is 16.1 Å². The van der Waals surface area contributed by atoms with Crippen molar-refractivity contribution in [1.29, 1.82) is 0 Å². The van der Waals surface area contributed by atoms with E-state index in [0.29, 0.717) is 33.3 Å². The number of hydrogen-bond donors (Lipinski definition) is 2. The Kier molecular flexibility index (Phi) is 7.42. The molecule has 33 heavy (non-hydrogen) atoms. The first-order valence-electron chi connectivity index (χ1n) is 10.8. The van der Waals surface area contributed by atoms with Crippen molar-refractivity contribution in [3.05, 3.63) is 86.6 Å². The molecule has 2 N–H and O–H groups in total. The Morgan fingerprint density at radius 1 is 0.939 bits per heavy atom. The second-order valence-corrected chi connectivity index (χ2v) is 9.24. The molecule has 1 aliphatic heterocycles. The van der Waals surface area contributed by atoms with E-state index in [1.807, 2.05) is 16.3 Å². The Balaban J connectivity index is 1.42. The first kappa shape index (κ1) is 23.0. The smallest absolute Gasteiger partial charge is 0.261 e. The lowest BCUT2D eigenvalue weighted by Gasteiger charge is -2.27. The molecule has 2 heterocycles. The summed E-state index contributed by atoms with van der Waals surface area (Å²) in [5.41, 5.74) is 2.15. The van der Waals surface area contributed by atoms with Crippen molar-refractivity contribution in [1.82, 2.24) is 10.2 Å². The molecule has 2 aromatic carbocycles. The SMILES string of the molecule is O=C(Nc1cc(Cl)ccc1C(=O)N1CCCCC1)c1ccc(CNC(=O)c2cccs2)cc1. The highest BCUT2D eigenvalue weighted by atomic mass is 35.5. The monoisotopic (exact) mass is 481 g/mol. The van der Waals surface area contributed by atoms with Crippen LogP contribution in [0.4, 0.5) is 5.69 Å². The van der Waals surface area contributed by atoms with Gasteiger partial charge in [-0.1, -0.05) is 29.8 Å². The van der Waals surface area contributed by atoms with Crippen molar-refractivity contribution >= 4 is 46.3 Å². The Labute approximate surface area is 201 Å². The van der Waals surface area contributed by atoms with E-state index in [-0.39, 0.29) is 17.7 Å². The second-order valence-electron chi connectivity index (χ2n) is 7.85. The maximum Gasteiger partial charge on any atom is 0.261 e. The van der Waals surface area contributed by atoms with Crippen molar-refractivity contribution in [3.63, 3.8) is 0 Å². The van der Waals surface area contributed by atoms with Crippen LogP contribution in [0.1, 0.15) is 55.2 Å². The number of piperidine rings is 1. The number of amides is 3. The lowest BCUT2D eigenvalue weighted by molar-refractivity contribution is 0.0725. The molecular weight excluding hydrogens is 458 g/mol. The summed E-state index contributed by atoms with van der Waals surface area (Å²) in [6, 6.07) is 15.5. The van der Waals surface area contributed by atoms with E-state index in [9.17, 15) is 14.4 Å². The van der Waals surface area contributed by atoms with Gasteiger partial charge in [0, 0.05) is 30.2 Å². The van der Waals surface area contributed by atoms with Gasteiger partial charge in [-0.2, -0.15) is 0 Å². The van der Waals surface area contributed by atoms with E-state index in [0.717, 1.165) is 37.9 Å². The number of thiophene rings is 1. The lowest BCUT2D eigenvalue weighted by atomic mass is 10.1. The molecule has 8 heteroatoms. The number of carbonyl (C=O) groups is 3. The highest BCUT2D eigenvalue weighted by Crippen LogP contribution is 2.25. The van der Waals surface area contributed by atoms with Gasteiger partial charge in [-0.3, -0.25) is 14.4 Å². The van der Waals surface area contributed by atoms with Gasteiger partial charge in [-0.05, 0) is 66.6 Å². The van der Waals surface area contributed by atoms with Crippen LogP contribution in [-0.4, -0.2) is 35.7 Å². The summed E-state index contributed by atoms with van der Waals surface area (Å²) >= 11 is 7.53. The Bertz CT molecular complexity index is 1140. The van der Waals surface area contributed by atoms with Crippen molar-refractivity contribution in [2.45, 2.75) is 25.8 Å². The molecule has 0 aliphatic carbocycles. The molecule has 6 nitrogen and oxygen atoms in total. The highest BCUT2D eigenvalue weighted by Gasteiger charge is 2.22. The van der Waals surface area contributed by atoms with Gasteiger partial charge in [0.25, 0.3) is 17.7 Å². The van der Waals surface area contributed by atoms with E-state index in [1.54, 1.807) is 48.5 Å². The lowest BCUT2D eigenvalue weighted by Crippen LogP contribution is -2.36. The number of rotatable bonds is 6. The molecule has 0 radical (unpaired) electrons. The Hall–Kier alpha value is -3.16. The zero-order valence-electron chi connectivity index (χ0n) is 18.0. The number of benzene rings is 2. The number of hydrogen-bond acceptors (Lipinski definition) is 4. The standard InChI is InChI=1S/C25H24ClN3O3S/c26-19-10-11-20(25(32)29-12-2-1-3-13-29)21(15-19)28-23(30)18-8-6-17(7-9-18)16-27-24(31)22-5-4-14-33-22/h4-11,14-15H,1-3,12-13,16H2,(H,27,31)(H,28,30). The quantitative estimate of drug-likeness (QED) is 0.507. The molecule has 170 valence electrons. The second kappa shape index (κ2) is 10.6. The van der Waals surface area contributed by atoms with Crippen LogP contribution in [0.15, 0.2) is 60.0 Å². The fraction of sp³-hybridized carbons (Fsp3) is 0.240. The van der Waals surface area contributed by atoms with Crippen LogP contribution in [0.25, 0.3) is 0 Å². The minimum atomic E-state index is -0.334. The average molecular weight is 482 g/mol. The predicted molar refractivity (Wildman–Crippen MR) is 131 cm³/mol. The zero-order valence-corrected chi connectivity index (χ0v) is 19.5. The van der Waals surface area contributed by atoms with E-state index in [2.05, 4.69) is 10.6 Å². The molecule has 4 rings (SSSR count). The first-order chi connectivity index (χ1) is 16.0. The van der Waals surface area contributed by atoms with Gasteiger partial charge in [0.2, 0.25) is 0 Å². The summed E-state index contributed by atoms with van der Waals surface area (Å²) in [7, 11) is 0. The van der Waals surface area contributed by atoms with Gasteiger partial charge in [0.1, 0.15) is 0 Å². The number of likely N-dealkylation sites (tertiary alicyclic amines) is 1. The Morgan fingerprint density at radius 3 is 2.39 bits per heavy atom. The van der Waals surface area contributed by atoms with Crippen LogP contribution in [-0.2, 0) is 6.54 Å². The highest BCUT2D eigenvalue weighted by molar-refractivity contribution is 7.12. The number of anilines is 1. The molecule has 1 aliphatic rings. The molecule has 0 saturated carbocycles. The van der Waals surface area contributed by atoms with Gasteiger partial charge < -0.3 is 15.5 Å². The van der Waals surface area contributed by atoms with E-state index >= 15 is 0 Å². The molecule has 0 atom stereocenters. The average Bonchev–Trinajstić information content (AvgIpc) is 3.38. The largest absolute Gasteiger partial charge is 0.347 e. The summed E-state index contributed by atoms with van der Waals surface area (Å²) in [5, 5.41) is 7.99. The van der Waals surface area contributed by atoms with Crippen molar-refractivity contribution in [2.24, 2.45) is 0 Å². The number of carbonyl (C=O) groups excluding carboxylic acids is 3. The van der Waals surface area contributed by atoms with Gasteiger partial charge in [-0.15, -0.1) is 11.3 Å². The summed E-state index contributed by atoms with van der Waals surface area (Å²) < 4.78 is 0. The topological polar surface area (TPSA) is 78.5 Å². The van der Waals surface area contributed by atoms with Crippen LogP contribution in [0, 0.1) is 0 Å². The van der Waals surface area contributed by atoms with E-state index in [1.165, 1.54) is 11.3 Å². The molecule has 3 aromatic rings. The zero-order chi connectivity index (χ0) is 23.2. The molecule has 0 unspecified atom stereocenters. The maximum absolute atomic E-state index is 13.0. The molecule has 0 spiro atoms. The summed E-state index contributed by atoms with van der Waals surface area (Å²) in [6.07, 6.45) is 3.10. The van der Waals surface area contributed by atoms with Crippen molar-refractivity contribution in [2.75, 3.05) is 18.4 Å². The molecule has 1 aromatic heterocycles. The Morgan fingerprint density at radius 2 is 1.70 bits per heavy atom. The fourth-order valence-electron chi connectivity index (χ4n) is 3.72. The molecular formula is C25H24ClN3O3S. The van der Waals surface area contributed by atoms with Gasteiger partial charge in [-0.25, -0.2) is 0 Å². The summed E-state index contributed by atoms with van der Waals surface area (Å²) in [5.74, 6) is -0.559. The summed E-state index contributed by atoms with van der Waals surface area (Å²) in [4.78, 5) is 40.4. The first-order valence-corrected chi connectivity index (χ1v) is 12.1. The fourth-order valence-corrected chi connectivity index (χ4v) is 4.53. The maximum atomic E-state index is 13.0. The van der Waals surface area contributed by atoms with Crippen LogP contribution in [0.2, 0.25) is 5.02 Å². The number of nitrogens with one attached hydrogen (secondary N) is 2. The molecule has 1 saturated heterocycles. The van der Waals surface area contributed by atoms with E-state index in [4.69, 9.17) is 11.6 Å². The minimum absolute atomic E-state index is 0.0986. The van der Waals surface area contributed by atoms with Crippen molar-refractivity contribution in [3.8, 4) is 0 Å². The third kappa shape index (κ3) is 5.80. The van der Waals surface area contributed by atoms with Crippen LogP contribution >= 0.6 is 22.9 Å².